The minimum absolute atomic E-state index is 0.158. The molecule has 46 heavy (non-hydrogen) atoms. The number of para-hydroxylation sites is 1. The van der Waals surface area contributed by atoms with Crippen LogP contribution in [0.2, 0.25) is 0 Å². The Kier molecular flexibility index (Phi) is 10.2. The highest BCUT2D eigenvalue weighted by Crippen LogP contribution is 2.38. The Morgan fingerprint density at radius 2 is 2.02 bits per heavy atom. The molecule has 1 atom stereocenters. The summed E-state index contributed by atoms with van der Waals surface area (Å²) >= 11 is 0. The molecular formula is C32H38N6O7S. The lowest BCUT2D eigenvalue weighted by atomic mass is 10.1. The van der Waals surface area contributed by atoms with Gasteiger partial charge in [-0.2, -0.15) is 8.42 Å². The summed E-state index contributed by atoms with van der Waals surface area (Å²) in [5, 5.41) is 7.12. The van der Waals surface area contributed by atoms with Gasteiger partial charge >= 0.3 is 0 Å². The molecule has 2 aromatic heterocycles. The zero-order chi connectivity index (χ0) is 32.8. The van der Waals surface area contributed by atoms with Crippen molar-refractivity contribution in [3.05, 3.63) is 67.0 Å². The van der Waals surface area contributed by atoms with Crippen LogP contribution in [0.15, 0.2) is 61.4 Å². The van der Waals surface area contributed by atoms with Gasteiger partial charge in [-0.15, -0.1) is 0 Å². The van der Waals surface area contributed by atoms with Crippen molar-refractivity contribution in [1.82, 2.24) is 19.4 Å². The molecule has 1 saturated heterocycles. The SMILES string of the molecule is C=CC(=O)Nc1cc(Nc2ncc(C)c(-c3cn(C)c4ccccc34)n2)c(OC)cc1OCCCN1CCOCC1OS(C)(=O)=O. The van der Waals surface area contributed by atoms with E-state index < -0.39 is 22.3 Å². The van der Waals surface area contributed by atoms with Gasteiger partial charge in [-0.1, -0.05) is 24.8 Å². The van der Waals surface area contributed by atoms with E-state index in [0.29, 0.717) is 54.9 Å². The van der Waals surface area contributed by atoms with Crippen LogP contribution in [0.3, 0.4) is 0 Å². The molecule has 1 fully saturated rings. The molecule has 0 bridgehead atoms. The number of morpholine rings is 1. The van der Waals surface area contributed by atoms with Gasteiger partial charge in [-0.05, 0) is 37.1 Å². The van der Waals surface area contributed by atoms with E-state index in [-0.39, 0.29) is 13.2 Å². The molecule has 1 amide bonds. The number of aryl methyl sites for hydroxylation is 2. The number of carbonyl (C=O) groups excluding carboxylic acids is 1. The van der Waals surface area contributed by atoms with Crippen molar-refractivity contribution >= 4 is 44.3 Å². The van der Waals surface area contributed by atoms with Crippen molar-refractivity contribution in [3.63, 3.8) is 0 Å². The molecule has 0 radical (unpaired) electrons. The Morgan fingerprint density at radius 3 is 2.78 bits per heavy atom. The average Bonchev–Trinajstić information content (AvgIpc) is 3.37. The fourth-order valence-electron chi connectivity index (χ4n) is 5.27. The highest BCUT2D eigenvalue weighted by molar-refractivity contribution is 7.86. The first-order valence-corrected chi connectivity index (χ1v) is 16.5. The summed E-state index contributed by atoms with van der Waals surface area (Å²) in [5.41, 5.74) is 4.69. The van der Waals surface area contributed by atoms with Crippen LogP contribution < -0.4 is 20.1 Å². The summed E-state index contributed by atoms with van der Waals surface area (Å²) in [6.07, 6.45) is 5.86. The molecule has 2 N–H and O–H groups in total. The molecule has 0 aliphatic carbocycles. The zero-order valence-electron chi connectivity index (χ0n) is 26.3. The summed E-state index contributed by atoms with van der Waals surface area (Å²) in [4.78, 5) is 23.6. The number of ether oxygens (including phenoxy) is 3. The van der Waals surface area contributed by atoms with Crippen LogP contribution in [0.4, 0.5) is 17.3 Å². The highest BCUT2D eigenvalue weighted by atomic mass is 32.2. The van der Waals surface area contributed by atoms with Crippen LogP contribution >= 0.6 is 0 Å². The molecule has 3 heterocycles. The smallest absolute Gasteiger partial charge is 0.266 e. The Balaban J connectivity index is 1.36. The topological polar surface area (TPSA) is 146 Å². The number of amides is 1. The predicted molar refractivity (Wildman–Crippen MR) is 176 cm³/mol. The maximum atomic E-state index is 12.3. The van der Waals surface area contributed by atoms with E-state index >= 15 is 0 Å². The van der Waals surface area contributed by atoms with E-state index in [1.165, 1.54) is 13.2 Å². The molecule has 1 aliphatic rings. The minimum atomic E-state index is -3.64. The number of aromatic nitrogens is 3. The summed E-state index contributed by atoms with van der Waals surface area (Å²) in [6.45, 7) is 7.46. The first-order valence-electron chi connectivity index (χ1n) is 14.7. The lowest BCUT2D eigenvalue weighted by Gasteiger charge is -2.34. The van der Waals surface area contributed by atoms with E-state index in [1.54, 1.807) is 18.3 Å². The van der Waals surface area contributed by atoms with Crippen molar-refractivity contribution in [1.29, 1.82) is 0 Å². The summed E-state index contributed by atoms with van der Waals surface area (Å²) < 4.78 is 47.7. The summed E-state index contributed by atoms with van der Waals surface area (Å²) in [7, 11) is -0.108. The largest absolute Gasteiger partial charge is 0.494 e. The van der Waals surface area contributed by atoms with Crippen molar-refractivity contribution in [2.45, 2.75) is 19.6 Å². The molecule has 13 nitrogen and oxygen atoms in total. The fraction of sp³-hybridized carbons (Fsp3) is 0.344. The van der Waals surface area contributed by atoms with Gasteiger partial charge in [0, 0.05) is 55.1 Å². The Labute approximate surface area is 268 Å². The molecule has 0 saturated carbocycles. The van der Waals surface area contributed by atoms with Crippen molar-refractivity contribution in [2.24, 2.45) is 7.05 Å². The second kappa shape index (κ2) is 14.3. The number of benzene rings is 2. The second-order valence-corrected chi connectivity index (χ2v) is 12.4. The molecule has 4 aromatic rings. The number of carbonyl (C=O) groups is 1. The third-order valence-corrected chi connectivity index (χ3v) is 8.01. The molecular weight excluding hydrogens is 612 g/mol. The van der Waals surface area contributed by atoms with E-state index in [4.69, 9.17) is 23.4 Å². The van der Waals surface area contributed by atoms with Crippen LogP contribution in [0.1, 0.15) is 12.0 Å². The molecule has 0 spiro atoms. The van der Waals surface area contributed by atoms with Crippen molar-refractivity contribution < 1.29 is 31.6 Å². The quantitative estimate of drug-likeness (QED) is 0.122. The molecule has 14 heteroatoms. The predicted octanol–water partition coefficient (Wildman–Crippen LogP) is 4.22. The third-order valence-electron chi connectivity index (χ3n) is 7.44. The molecule has 2 aromatic carbocycles. The van der Waals surface area contributed by atoms with E-state index in [1.807, 2.05) is 31.0 Å². The Bertz CT molecular complexity index is 1840. The lowest BCUT2D eigenvalue weighted by molar-refractivity contribution is -0.111. The van der Waals surface area contributed by atoms with E-state index in [0.717, 1.165) is 34.0 Å². The maximum absolute atomic E-state index is 12.3. The first-order chi connectivity index (χ1) is 22.1. The van der Waals surface area contributed by atoms with Gasteiger partial charge in [0.2, 0.25) is 11.9 Å². The molecule has 1 unspecified atom stereocenters. The average molecular weight is 651 g/mol. The van der Waals surface area contributed by atoms with Gasteiger partial charge in [0.25, 0.3) is 10.1 Å². The number of anilines is 3. The van der Waals surface area contributed by atoms with Crippen LogP contribution in [-0.2, 0) is 30.9 Å². The highest BCUT2D eigenvalue weighted by Gasteiger charge is 2.27. The normalized spacial score (nSPS) is 15.4. The van der Waals surface area contributed by atoms with Gasteiger partial charge in [0.15, 0.2) is 6.23 Å². The van der Waals surface area contributed by atoms with E-state index in [2.05, 4.69) is 45.1 Å². The summed E-state index contributed by atoms with van der Waals surface area (Å²) in [6, 6.07) is 11.5. The van der Waals surface area contributed by atoms with Crippen molar-refractivity contribution in [3.8, 4) is 22.8 Å². The van der Waals surface area contributed by atoms with Gasteiger partial charge in [-0.25, -0.2) is 14.2 Å². The van der Waals surface area contributed by atoms with Gasteiger partial charge in [-0.3, -0.25) is 9.69 Å². The number of hydrogen-bond acceptors (Lipinski definition) is 11. The van der Waals surface area contributed by atoms with E-state index in [9.17, 15) is 13.2 Å². The second-order valence-electron chi connectivity index (χ2n) is 10.8. The van der Waals surface area contributed by atoms with Gasteiger partial charge < -0.3 is 29.4 Å². The fourth-order valence-corrected chi connectivity index (χ4v) is 5.85. The van der Waals surface area contributed by atoms with Crippen LogP contribution in [0.5, 0.6) is 11.5 Å². The van der Waals surface area contributed by atoms with Gasteiger partial charge in [0.1, 0.15) is 11.5 Å². The Hall–Kier alpha value is -4.50. The first kappa shape index (κ1) is 32.9. The van der Waals surface area contributed by atoms with Crippen LogP contribution in [-0.4, -0.2) is 86.3 Å². The summed E-state index contributed by atoms with van der Waals surface area (Å²) in [5.74, 6) is 0.750. The maximum Gasteiger partial charge on any atom is 0.266 e. The van der Waals surface area contributed by atoms with Gasteiger partial charge in [0.05, 0.1) is 50.3 Å². The molecule has 1 aliphatic heterocycles. The minimum Gasteiger partial charge on any atom is -0.494 e. The molecule has 244 valence electrons. The molecule has 5 rings (SSSR count). The zero-order valence-corrected chi connectivity index (χ0v) is 27.1. The standard InChI is InChI=1S/C32H38N6O7S/c1-6-29(39)34-25-16-24(35-32-33-18-21(2)31(36-32)23-19-37(3)26-11-8-7-10-22(23)26)27(42-4)17-28(25)44-14-9-12-38-13-15-43-20-30(38)45-46(5,40)41/h6-8,10-11,16-19,30H,1,9,12-15,20H2,2-5H3,(H,34,39)(H,33,35,36). The van der Waals surface area contributed by atoms with Crippen LogP contribution in [0, 0.1) is 6.92 Å². The number of nitrogens with zero attached hydrogens (tertiary/aromatic N) is 4. The Morgan fingerprint density at radius 1 is 1.22 bits per heavy atom. The van der Waals surface area contributed by atoms with Crippen LogP contribution in [0.25, 0.3) is 22.2 Å². The third kappa shape index (κ3) is 7.83. The number of fused-ring (bicyclic) bond motifs is 1. The monoisotopic (exact) mass is 650 g/mol. The lowest BCUT2D eigenvalue weighted by Crippen LogP contribution is -2.48. The number of rotatable bonds is 13. The number of hydrogen-bond donors (Lipinski definition) is 2. The number of methoxy groups -OCH3 is 1. The number of nitrogens with one attached hydrogen (secondary N) is 2. The van der Waals surface area contributed by atoms with Crippen molar-refractivity contribution in [2.75, 3.05) is 56.9 Å².